The number of rotatable bonds is 6. The SMILES string of the molecule is C[C@H](NC(=O)CN1C(=O)N[C@@H](Cc2c[nH]c3ccccc23)C1=O)c1ccc2c(c1)CCCC2. The molecule has 1 fully saturated rings. The van der Waals surface area contributed by atoms with Crippen LogP contribution in [-0.4, -0.2) is 40.3 Å². The number of carbonyl (C=O) groups excluding carboxylic acids is 3. The van der Waals surface area contributed by atoms with Gasteiger partial charge in [-0.25, -0.2) is 4.79 Å². The van der Waals surface area contributed by atoms with Crippen LogP contribution in [0.1, 0.15) is 48.1 Å². The molecule has 0 unspecified atom stereocenters. The number of amides is 4. The average molecular weight is 445 g/mol. The number of para-hydroxylation sites is 1. The summed E-state index contributed by atoms with van der Waals surface area (Å²) in [4.78, 5) is 42.2. The fraction of sp³-hybridized carbons (Fsp3) is 0.346. The molecule has 170 valence electrons. The van der Waals surface area contributed by atoms with Crippen molar-refractivity contribution >= 4 is 28.7 Å². The van der Waals surface area contributed by atoms with Gasteiger partial charge >= 0.3 is 6.03 Å². The summed E-state index contributed by atoms with van der Waals surface area (Å²) in [6.07, 6.45) is 6.85. The van der Waals surface area contributed by atoms with Gasteiger partial charge in [0.25, 0.3) is 5.91 Å². The summed E-state index contributed by atoms with van der Waals surface area (Å²) < 4.78 is 0. The van der Waals surface area contributed by atoms with Crippen LogP contribution < -0.4 is 10.6 Å². The van der Waals surface area contributed by atoms with Crippen LogP contribution >= 0.6 is 0 Å². The molecule has 2 heterocycles. The van der Waals surface area contributed by atoms with Crippen LogP contribution in [0, 0.1) is 0 Å². The van der Waals surface area contributed by atoms with Crippen LogP contribution in [0.3, 0.4) is 0 Å². The fourth-order valence-electron chi connectivity index (χ4n) is 4.92. The lowest BCUT2D eigenvalue weighted by molar-refractivity contribution is -0.132. The lowest BCUT2D eigenvalue weighted by Crippen LogP contribution is -2.42. The zero-order chi connectivity index (χ0) is 22.9. The third-order valence-corrected chi connectivity index (χ3v) is 6.76. The van der Waals surface area contributed by atoms with E-state index in [1.54, 1.807) is 0 Å². The Labute approximate surface area is 192 Å². The molecular formula is C26H28N4O3. The molecule has 4 amide bonds. The van der Waals surface area contributed by atoms with E-state index in [1.165, 1.54) is 24.0 Å². The summed E-state index contributed by atoms with van der Waals surface area (Å²) in [5.74, 6) is -0.724. The number of carbonyl (C=O) groups is 3. The van der Waals surface area contributed by atoms with Crippen LogP contribution in [0.5, 0.6) is 0 Å². The summed E-state index contributed by atoms with van der Waals surface area (Å²) in [5.41, 5.74) is 5.73. The first-order chi connectivity index (χ1) is 16.0. The molecule has 33 heavy (non-hydrogen) atoms. The van der Waals surface area contributed by atoms with E-state index >= 15 is 0 Å². The normalized spacial score (nSPS) is 18.8. The number of hydrogen-bond acceptors (Lipinski definition) is 3. The Morgan fingerprint density at radius 1 is 1.12 bits per heavy atom. The third-order valence-electron chi connectivity index (χ3n) is 6.76. The van der Waals surface area contributed by atoms with Crippen LogP contribution in [-0.2, 0) is 28.9 Å². The molecular weight excluding hydrogens is 416 g/mol. The van der Waals surface area contributed by atoms with Gasteiger partial charge in [0.1, 0.15) is 12.6 Å². The monoisotopic (exact) mass is 444 g/mol. The first kappa shape index (κ1) is 21.2. The average Bonchev–Trinajstić information content (AvgIpc) is 3.35. The van der Waals surface area contributed by atoms with Crippen molar-refractivity contribution < 1.29 is 14.4 Å². The second kappa shape index (κ2) is 8.73. The Morgan fingerprint density at radius 2 is 1.91 bits per heavy atom. The number of aryl methyl sites for hydroxylation is 2. The van der Waals surface area contributed by atoms with E-state index in [-0.39, 0.29) is 24.4 Å². The van der Waals surface area contributed by atoms with E-state index < -0.39 is 12.1 Å². The molecule has 1 saturated heterocycles. The molecule has 1 aromatic heterocycles. The van der Waals surface area contributed by atoms with Gasteiger partial charge in [-0.2, -0.15) is 0 Å². The van der Waals surface area contributed by atoms with Gasteiger partial charge in [0.2, 0.25) is 5.91 Å². The highest BCUT2D eigenvalue weighted by atomic mass is 16.2. The maximum atomic E-state index is 12.9. The number of nitrogens with zero attached hydrogens (tertiary/aromatic N) is 1. The van der Waals surface area contributed by atoms with Crippen molar-refractivity contribution in [2.24, 2.45) is 0 Å². The number of hydrogen-bond donors (Lipinski definition) is 3. The van der Waals surface area contributed by atoms with Crippen LogP contribution in [0.25, 0.3) is 10.9 Å². The molecule has 0 radical (unpaired) electrons. The Hall–Kier alpha value is -3.61. The Morgan fingerprint density at radius 3 is 2.76 bits per heavy atom. The van der Waals surface area contributed by atoms with E-state index in [0.29, 0.717) is 6.42 Å². The van der Waals surface area contributed by atoms with Crippen LogP contribution in [0.2, 0.25) is 0 Å². The highest BCUT2D eigenvalue weighted by Crippen LogP contribution is 2.25. The standard InChI is InChI=1S/C26H28N4O3/c1-16(18-11-10-17-6-2-3-7-19(17)12-18)28-24(31)15-30-25(32)23(29-26(30)33)13-20-14-27-22-9-5-4-8-21(20)22/h4-5,8-12,14,16,23,27H,2-3,6-7,13,15H2,1H3,(H,28,31)(H,29,33)/t16-,23-/m0/s1. The number of aromatic amines is 1. The van der Waals surface area contributed by atoms with E-state index in [9.17, 15) is 14.4 Å². The quantitative estimate of drug-likeness (QED) is 0.509. The van der Waals surface area contributed by atoms with Crippen LogP contribution in [0.4, 0.5) is 4.79 Å². The van der Waals surface area contributed by atoms with Crippen molar-refractivity contribution in [3.63, 3.8) is 0 Å². The lowest BCUT2D eigenvalue weighted by atomic mass is 9.89. The van der Waals surface area contributed by atoms with Crippen molar-refractivity contribution in [3.05, 3.63) is 70.9 Å². The summed E-state index contributed by atoms with van der Waals surface area (Å²) in [6.45, 7) is 1.64. The molecule has 5 rings (SSSR count). The number of fused-ring (bicyclic) bond motifs is 2. The molecule has 0 bridgehead atoms. The van der Waals surface area contributed by atoms with Gasteiger partial charge in [0, 0.05) is 23.5 Å². The molecule has 1 aliphatic heterocycles. The minimum absolute atomic E-state index is 0.201. The van der Waals surface area contributed by atoms with Crippen molar-refractivity contribution in [1.82, 2.24) is 20.5 Å². The number of urea groups is 1. The van der Waals surface area contributed by atoms with Gasteiger partial charge in [-0.1, -0.05) is 36.4 Å². The molecule has 3 aromatic rings. The largest absolute Gasteiger partial charge is 0.361 e. The van der Waals surface area contributed by atoms with E-state index in [1.807, 2.05) is 37.4 Å². The summed E-state index contributed by atoms with van der Waals surface area (Å²) >= 11 is 0. The zero-order valence-corrected chi connectivity index (χ0v) is 18.7. The Bertz CT molecular complexity index is 1230. The third kappa shape index (κ3) is 4.23. The molecule has 0 spiro atoms. The lowest BCUT2D eigenvalue weighted by Gasteiger charge is -2.21. The highest BCUT2D eigenvalue weighted by molar-refractivity contribution is 6.06. The minimum Gasteiger partial charge on any atom is -0.361 e. The smallest absolute Gasteiger partial charge is 0.325 e. The van der Waals surface area contributed by atoms with Gasteiger partial charge in [-0.3, -0.25) is 14.5 Å². The maximum absolute atomic E-state index is 12.9. The second-order valence-corrected chi connectivity index (χ2v) is 9.01. The van der Waals surface area contributed by atoms with Crippen molar-refractivity contribution in [1.29, 1.82) is 0 Å². The van der Waals surface area contributed by atoms with E-state index in [2.05, 4.69) is 33.8 Å². The number of benzene rings is 2. The molecule has 2 atom stereocenters. The molecule has 1 aliphatic carbocycles. The van der Waals surface area contributed by atoms with Gasteiger partial charge in [-0.15, -0.1) is 0 Å². The predicted molar refractivity (Wildman–Crippen MR) is 126 cm³/mol. The topological polar surface area (TPSA) is 94.3 Å². The number of aromatic nitrogens is 1. The summed E-state index contributed by atoms with van der Waals surface area (Å²) in [7, 11) is 0. The highest BCUT2D eigenvalue weighted by Gasteiger charge is 2.39. The molecule has 0 saturated carbocycles. The minimum atomic E-state index is -0.678. The van der Waals surface area contributed by atoms with E-state index in [4.69, 9.17) is 0 Å². The molecule has 2 aliphatic rings. The van der Waals surface area contributed by atoms with Crippen molar-refractivity contribution in [3.8, 4) is 0 Å². The molecule has 2 aromatic carbocycles. The second-order valence-electron chi connectivity index (χ2n) is 9.01. The fourth-order valence-corrected chi connectivity index (χ4v) is 4.92. The summed E-state index contributed by atoms with van der Waals surface area (Å²) in [5, 5.41) is 6.69. The molecule has 7 heteroatoms. The molecule has 3 N–H and O–H groups in total. The molecule has 7 nitrogen and oxygen atoms in total. The number of nitrogens with one attached hydrogen (secondary N) is 3. The number of imide groups is 1. The predicted octanol–water partition coefficient (Wildman–Crippen LogP) is 3.39. The first-order valence-corrected chi connectivity index (χ1v) is 11.6. The zero-order valence-electron chi connectivity index (χ0n) is 18.7. The maximum Gasteiger partial charge on any atom is 0.325 e. The van der Waals surface area contributed by atoms with Crippen molar-refractivity contribution in [2.75, 3.05) is 6.54 Å². The number of H-pyrrole nitrogens is 1. The van der Waals surface area contributed by atoms with Gasteiger partial charge in [-0.05, 0) is 60.9 Å². The van der Waals surface area contributed by atoms with E-state index in [0.717, 1.165) is 39.8 Å². The first-order valence-electron chi connectivity index (χ1n) is 11.6. The van der Waals surface area contributed by atoms with Crippen LogP contribution in [0.15, 0.2) is 48.7 Å². The van der Waals surface area contributed by atoms with Crippen molar-refractivity contribution in [2.45, 2.75) is 51.1 Å². The Kier molecular flexibility index (Phi) is 5.62. The Balaban J connectivity index is 1.21. The van der Waals surface area contributed by atoms with Gasteiger partial charge in [0.05, 0.1) is 6.04 Å². The van der Waals surface area contributed by atoms with Gasteiger partial charge < -0.3 is 15.6 Å². The van der Waals surface area contributed by atoms with Gasteiger partial charge in [0.15, 0.2) is 0 Å². The summed E-state index contributed by atoms with van der Waals surface area (Å²) in [6, 6.07) is 12.8.